The van der Waals surface area contributed by atoms with Crippen molar-refractivity contribution in [3.8, 4) is 0 Å². The predicted octanol–water partition coefficient (Wildman–Crippen LogP) is 5.62. The molecule has 3 rings (SSSR count). The molecule has 160 valence electrons. The molecule has 0 radical (unpaired) electrons. The molecule has 6 nitrogen and oxygen atoms in total. The SMILES string of the molecule is COC(=O)c1c(NC(=O)c2ccccc2C)sc(C(=O)Nc2ccc(C)c(Cl)c2)c1C. The molecule has 0 spiro atoms. The number of anilines is 2. The molecule has 31 heavy (non-hydrogen) atoms. The fourth-order valence-corrected chi connectivity index (χ4v) is 4.29. The summed E-state index contributed by atoms with van der Waals surface area (Å²) >= 11 is 7.15. The van der Waals surface area contributed by atoms with Gasteiger partial charge in [0.15, 0.2) is 0 Å². The number of ether oxygens (including phenoxy) is 1. The lowest BCUT2D eigenvalue weighted by Crippen LogP contribution is -2.15. The zero-order valence-electron chi connectivity index (χ0n) is 17.5. The number of halogens is 1. The summed E-state index contributed by atoms with van der Waals surface area (Å²) in [5.41, 5.74) is 3.26. The molecule has 2 amide bonds. The van der Waals surface area contributed by atoms with Gasteiger partial charge in [-0.15, -0.1) is 11.3 Å². The summed E-state index contributed by atoms with van der Waals surface area (Å²) in [4.78, 5) is 38.4. The molecule has 0 aliphatic rings. The van der Waals surface area contributed by atoms with Gasteiger partial charge < -0.3 is 15.4 Å². The number of methoxy groups -OCH3 is 1. The van der Waals surface area contributed by atoms with E-state index >= 15 is 0 Å². The highest BCUT2D eigenvalue weighted by molar-refractivity contribution is 7.19. The van der Waals surface area contributed by atoms with Gasteiger partial charge in [-0.05, 0) is 55.7 Å². The highest BCUT2D eigenvalue weighted by Crippen LogP contribution is 2.35. The van der Waals surface area contributed by atoms with Crippen molar-refractivity contribution in [1.82, 2.24) is 0 Å². The molecule has 0 saturated heterocycles. The van der Waals surface area contributed by atoms with Crippen LogP contribution in [-0.4, -0.2) is 24.9 Å². The smallest absolute Gasteiger partial charge is 0.341 e. The Balaban J connectivity index is 1.95. The van der Waals surface area contributed by atoms with E-state index in [-0.39, 0.29) is 21.3 Å². The minimum atomic E-state index is -0.633. The third-order valence-corrected chi connectivity index (χ3v) is 6.40. The fraction of sp³-hybridized carbons (Fsp3) is 0.174. The maximum absolute atomic E-state index is 12.9. The number of thiophene rings is 1. The summed E-state index contributed by atoms with van der Waals surface area (Å²) in [6.45, 7) is 5.33. The minimum Gasteiger partial charge on any atom is -0.465 e. The van der Waals surface area contributed by atoms with Gasteiger partial charge in [0.05, 0.1) is 17.6 Å². The first-order chi connectivity index (χ1) is 14.7. The number of benzene rings is 2. The van der Waals surface area contributed by atoms with Crippen molar-refractivity contribution in [2.75, 3.05) is 17.7 Å². The van der Waals surface area contributed by atoms with E-state index in [0.717, 1.165) is 22.5 Å². The quantitative estimate of drug-likeness (QED) is 0.488. The normalized spacial score (nSPS) is 10.5. The van der Waals surface area contributed by atoms with Crippen molar-refractivity contribution in [1.29, 1.82) is 0 Å². The molecule has 0 saturated carbocycles. The standard InChI is InChI=1S/C23H21ClN2O4S/c1-12-7-5-6-8-16(12)20(27)26-22-18(23(29)30-4)14(3)19(31-22)21(28)25-15-10-9-13(2)17(24)11-15/h5-11H,1-4H3,(H,25,28)(H,26,27). The number of hydrogen-bond acceptors (Lipinski definition) is 5. The zero-order valence-corrected chi connectivity index (χ0v) is 19.0. The Labute approximate surface area is 189 Å². The van der Waals surface area contributed by atoms with Crippen molar-refractivity contribution in [3.63, 3.8) is 0 Å². The first-order valence-electron chi connectivity index (χ1n) is 9.39. The average Bonchev–Trinajstić information content (AvgIpc) is 3.06. The largest absolute Gasteiger partial charge is 0.465 e. The predicted molar refractivity (Wildman–Crippen MR) is 124 cm³/mol. The molecular weight excluding hydrogens is 436 g/mol. The highest BCUT2D eigenvalue weighted by atomic mass is 35.5. The van der Waals surface area contributed by atoms with Crippen LogP contribution in [0.5, 0.6) is 0 Å². The van der Waals surface area contributed by atoms with Gasteiger partial charge in [-0.1, -0.05) is 35.9 Å². The van der Waals surface area contributed by atoms with Crippen molar-refractivity contribution >= 4 is 51.4 Å². The van der Waals surface area contributed by atoms with Crippen LogP contribution in [0.3, 0.4) is 0 Å². The van der Waals surface area contributed by atoms with Crippen LogP contribution in [0.1, 0.15) is 47.1 Å². The second kappa shape index (κ2) is 9.32. The lowest BCUT2D eigenvalue weighted by Gasteiger charge is -2.08. The van der Waals surface area contributed by atoms with Crippen molar-refractivity contribution in [2.24, 2.45) is 0 Å². The second-order valence-corrected chi connectivity index (χ2v) is 8.37. The monoisotopic (exact) mass is 456 g/mol. The van der Waals surface area contributed by atoms with Gasteiger partial charge in [0, 0.05) is 16.3 Å². The van der Waals surface area contributed by atoms with E-state index in [1.807, 2.05) is 26.0 Å². The number of esters is 1. The second-order valence-electron chi connectivity index (χ2n) is 6.94. The summed E-state index contributed by atoms with van der Waals surface area (Å²) in [7, 11) is 1.25. The molecule has 0 unspecified atom stereocenters. The molecule has 0 fully saturated rings. The zero-order chi connectivity index (χ0) is 22.7. The van der Waals surface area contributed by atoms with Crippen LogP contribution in [0, 0.1) is 20.8 Å². The third-order valence-electron chi connectivity index (χ3n) is 4.79. The van der Waals surface area contributed by atoms with Crippen LogP contribution in [-0.2, 0) is 4.74 Å². The van der Waals surface area contributed by atoms with Crippen LogP contribution in [0.25, 0.3) is 0 Å². The summed E-state index contributed by atoms with van der Waals surface area (Å²) in [6, 6.07) is 12.3. The Morgan fingerprint density at radius 3 is 2.29 bits per heavy atom. The summed E-state index contributed by atoms with van der Waals surface area (Å²) < 4.78 is 4.88. The number of rotatable bonds is 5. The highest BCUT2D eigenvalue weighted by Gasteiger charge is 2.27. The van der Waals surface area contributed by atoms with Crippen molar-refractivity contribution in [2.45, 2.75) is 20.8 Å². The Hall–Kier alpha value is -3.16. The third kappa shape index (κ3) is 4.78. The Morgan fingerprint density at radius 2 is 1.65 bits per heavy atom. The maximum Gasteiger partial charge on any atom is 0.341 e. The van der Waals surface area contributed by atoms with E-state index in [2.05, 4.69) is 10.6 Å². The Morgan fingerprint density at radius 1 is 0.935 bits per heavy atom. The van der Waals surface area contributed by atoms with E-state index in [4.69, 9.17) is 16.3 Å². The molecule has 2 aromatic carbocycles. The summed E-state index contributed by atoms with van der Waals surface area (Å²) in [5.74, 6) is -1.42. The van der Waals surface area contributed by atoms with E-state index in [1.54, 1.807) is 37.3 Å². The van der Waals surface area contributed by atoms with Crippen LogP contribution in [0.4, 0.5) is 10.7 Å². The van der Waals surface area contributed by atoms with Gasteiger partial charge in [0.25, 0.3) is 11.8 Å². The topological polar surface area (TPSA) is 84.5 Å². The molecule has 2 N–H and O–H groups in total. The molecule has 0 atom stereocenters. The number of carbonyl (C=O) groups excluding carboxylic acids is 3. The first kappa shape index (κ1) is 22.5. The van der Waals surface area contributed by atoms with Gasteiger partial charge in [0.2, 0.25) is 0 Å². The number of amides is 2. The van der Waals surface area contributed by atoms with Gasteiger partial charge in [-0.2, -0.15) is 0 Å². The number of aryl methyl sites for hydroxylation is 2. The van der Waals surface area contributed by atoms with E-state index in [1.165, 1.54) is 7.11 Å². The Bertz CT molecular complexity index is 1190. The van der Waals surface area contributed by atoms with Gasteiger partial charge in [0.1, 0.15) is 5.00 Å². The molecule has 1 heterocycles. The Kier molecular flexibility index (Phi) is 6.77. The average molecular weight is 457 g/mol. The first-order valence-corrected chi connectivity index (χ1v) is 10.6. The molecule has 0 aliphatic heterocycles. The van der Waals surface area contributed by atoms with Crippen LogP contribution >= 0.6 is 22.9 Å². The van der Waals surface area contributed by atoms with Crippen molar-refractivity contribution in [3.05, 3.63) is 80.2 Å². The van der Waals surface area contributed by atoms with Crippen molar-refractivity contribution < 1.29 is 19.1 Å². The van der Waals surface area contributed by atoms with Crippen LogP contribution in [0.15, 0.2) is 42.5 Å². The lowest BCUT2D eigenvalue weighted by molar-refractivity contribution is 0.0601. The van der Waals surface area contributed by atoms with E-state index in [0.29, 0.717) is 21.8 Å². The van der Waals surface area contributed by atoms with Gasteiger partial charge >= 0.3 is 5.97 Å². The molecule has 1 aromatic heterocycles. The molecule has 8 heteroatoms. The van der Waals surface area contributed by atoms with Gasteiger partial charge in [-0.25, -0.2) is 4.79 Å². The molecule has 3 aromatic rings. The number of nitrogens with one attached hydrogen (secondary N) is 2. The molecule has 0 aliphatic carbocycles. The van der Waals surface area contributed by atoms with Gasteiger partial charge in [-0.3, -0.25) is 9.59 Å². The molecule has 0 bridgehead atoms. The maximum atomic E-state index is 12.9. The lowest BCUT2D eigenvalue weighted by atomic mass is 10.1. The molecular formula is C23H21ClN2O4S. The van der Waals surface area contributed by atoms with E-state index < -0.39 is 11.9 Å². The van der Waals surface area contributed by atoms with E-state index in [9.17, 15) is 14.4 Å². The number of carbonyl (C=O) groups is 3. The minimum absolute atomic E-state index is 0.154. The fourth-order valence-electron chi connectivity index (χ4n) is 3.02. The summed E-state index contributed by atoms with van der Waals surface area (Å²) in [6.07, 6.45) is 0. The summed E-state index contributed by atoms with van der Waals surface area (Å²) in [5, 5.41) is 6.32. The number of hydrogen-bond donors (Lipinski definition) is 2. The van der Waals surface area contributed by atoms with Crippen LogP contribution in [0.2, 0.25) is 5.02 Å². The van der Waals surface area contributed by atoms with Crippen LogP contribution < -0.4 is 10.6 Å².